The third-order valence-corrected chi connectivity index (χ3v) is 2.89. The third kappa shape index (κ3) is 9.42. The van der Waals surface area contributed by atoms with E-state index in [2.05, 4.69) is 19.2 Å². The monoisotopic (exact) mass is 258 g/mol. The van der Waals surface area contributed by atoms with Crippen molar-refractivity contribution in [1.29, 1.82) is 0 Å². The summed E-state index contributed by atoms with van der Waals surface area (Å²) >= 11 is 0. The number of rotatable bonds is 11. The number of unbranched alkanes of at least 4 members (excludes halogenated alkanes) is 3. The van der Waals surface area contributed by atoms with Crippen LogP contribution in [-0.4, -0.2) is 30.7 Å². The summed E-state index contributed by atoms with van der Waals surface area (Å²) in [5.41, 5.74) is 5.33. The Bertz CT molecular complexity index is 220. The fourth-order valence-corrected chi connectivity index (χ4v) is 1.82. The fourth-order valence-electron chi connectivity index (χ4n) is 1.82. The van der Waals surface area contributed by atoms with Gasteiger partial charge in [0.05, 0.1) is 12.7 Å². The molecule has 0 fully saturated rings. The smallest absolute Gasteiger partial charge is 0.236 e. The zero-order valence-corrected chi connectivity index (χ0v) is 12.4. The molecule has 108 valence electrons. The summed E-state index contributed by atoms with van der Waals surface area (Å²) in [6.45, 7) is 8.60. The summed E-state index contributed by atoms with van der Waals surface area (Å²) in [7, 11) is 0. The highest BCUT2D eigenvalue weighted by atomic mass is 16.5. The molecule has 0 aliphatic heterocycles. The van der Waals surface area contributed by atoms with Crippen molar-refractivity contribution in [2.24, 2.45) is 5.73 Å². The second kappa shape index (κ2) is 10.3. The molecule has 2 atom stereocenters. The van der Waals surface area contributed by atoms with Crippen LogP contribution in [-0.2, 0) is 9.53 Å². The molecule has 3 N–H and O–H groups in total. The Morgan fingerprint density at radius 1 is 1.22 bits per heavy atom. The lowest BCUT2D eigenvalue weighted by Gasteiger charge is -2.20. The molecule has 0 saturated carbocycles. The zero-order chi connectivity index (χ0) is 14.0. The summed E-state index contributed by atoms with van der Waals surface area (Å²) < 4.78 is 5.68. The minimum atomic E-state index is -0.386. The van der Waals surface area contributed by atoms with Crippen LogP contribution in [0, 0.1) is 0 Å². The van der Waals surface area contributed by atoms with E-state index in [4.69, 9.17) is 10.5 Å². The Kier molecular flexibility index (Phi) is 9.98. The average molecular weight is 258 g/mol. The van der Waals surface area contributed by atoms with Gasteiger partial charge >= 0.3 is 0 Å². The lowest BCUT2D eigenvalue weighted by molar-refractivity contribution is -0.122. The van der Waals surface area contributed by atoms with Gasteiger partial charge in [-0.15, -0.1) is 0 Å². The molecule has 0 spiro atoms. The molecule has 0 bridgehead atoms. The number of carbonyl (C=O) groups is 1. The lowest BCUT2D eigenvalue weighted by atomic mass is 10.1. The molecular formula is C14H30N2O2. The van der Waals surface area contributed by atoms with E-state index in [9.17, 15) is 4.79 Å². The standard InChI is InChI=1S/C14H30N2O2/c1-5-6-7-8-9-12(4)18-10-13(14(15)17)16-11(2)3/h11-13,16H,5-10H2,1-4H3,(H2,15,17). The molecule has 0 aliphatic carbocycles. The van der Waals surface area contributed by atoms with Crippen LogP contribution >= 0.6 is 0 Å². The van der Waals surface area contributed by atoms with Crippen LogP contribution in [0.15, 0.2) is 0 Å². The van der Waals surface area contributed by atoms with E-state index in [1.165, 1.54) is 25.7 Å². The lowest BCUT2D eigenvalue weighted by Crippen LogP contribution is -2.47. The Balaban J connectivity index is 3.78. The molecule has 0 aromatic rings. The number of hydrogen-bond donors (Lipinski definition) is 2. The molecule has 0 heterocycles. The highest BCUT2D eigenvalue weighted by Gasteiger charge is 2.17. The Morgan fingerprint density at radius 2 is 1.89 bits per heavy atom. The summed E-state index contributed by atoms with van der Waals surface area (Å²) in [4.78, 5) is 11.2. The van der Waals surface area contributed by atoms with Crippen LogP contribution in [0.4, 0.5) is 0 Å². The molecule has 0 radical (unpaired) electrons. The quantitative estimate of drug-likeness (QED) is 0.558. The largest absolute Gasteiger partial charge is 0.376 e. The van der Waals surface area contributed by atoms with Crippen molar-refractivity contribution in [1.82, 2.24) is 5.32 Å². The first-order valence-corrected chi connectivity index (χ1v) is 7.14. The number of amides is 1. The number of carbonyl (C=O) groups excluding carboxylic acids is 1. The summed E-state index contributed by atoms with van der Waals surface area (Å²) in [5.74, 6) is -0.345. The average Bonchev–Trinajstić information content (AvgIpc) is 2.29. The van der Waals surface area contributed by atoms with Crippen LogP contribution in [0.2, 0.25) is 0 Å². The maximum absolute atomic E-state index is 11.2. The number of hydrogen-bond acceptors (Lipinski definition) is 3. The maximum atomic E-state index is 11.2. The van der Waals surface area contributed by atoms with Gasteiger partial charge in [-0.1, -0.05) is 46.5 Å². The van der Waals surface area contributed by atoms with Crippen molar-refractivity contribution < 1.29 is 9.53 Å². The summed E-state index contributed by atoms with van der Waals surface area (Å²) in [6, 6.07) is -0.158. The van der Waals surface area contributed by atoms with E-state index < -0.39 is 0 Å². The van der Waals surface area contributed by atoms with Gasteiger partial charge in [0.2, 0.25) is 5.91 Å². The second-order valence-corrected chi connectivity index (χ2v) is 5.27. The normalized spacial score (nSPS) is 14.7. The van der Waals surface area contributed by atoms with E-state index in [0.717, 1.165) is 6.42 Å². The molecule has 4 nitrogen and oxygen atoms in total. The van der Waals surface area contributed by atoms with Gasteiger partial charge in [0, 0.05) is 6.04 Å². The van der Waals surface area contributed by atoms with Crippen LogP contribution in [0.25, 0.3) is 0 Å². The molecule has 0 rings (SSSR count). The van der Waals surface area contributed by atoms with Crippen LogP contribution in [0.5, 0.6) is 0 Å². The first-order valence-electron chi connectivity index (χ1n) is 7.14. The molecule has 0 aliphatic rings. The Hall–Kier alpha value is -0.610. The Morgan fingerprint density at radius 3 is 2.39 bits per heavy atom. The molecule has 1 amide bonds. The molecule has 0 aromatic heterocycles. The first-order chi connectivity index (χ1) is 8.47. The highest BCUT2D eigenvalue weighted by Crippen LogP contribution is 2.08. The third-order valence-electron chi connectivity index (χ3n) is 2.89. The van der Waals surface area contributed by atoms with Gasteiger partial charge in [0.15, 0.2) is 0 Å². The number of nitrogens with one attached hydrogen (secondary N) is 1. The minimum Gasteiger partial charge on any atom is -0.376 e. The Labute approximate surface area is 112 Å². The van der Waals surface area contributed by atoms with Gasteiger partial charge in [-0.25, -0.2) is 0 Å². The van der Waals surface area contributed by atoms with E-state index >= 15 is 0 Å². The van der Waals surface area contributed by atoms with Gasteiger partial charge in [-0.05, 0) is 13.3 Å². The van der Waals surface area contributed by atoms with Crippen molar-refractivity contribution in [3.8, 4) is 0 Å². The van der Waals surface area contributed by atoms with Crippen LogP contribution in [0.1, 0.15) is 59.8 Å². The minimum absolute atomic E-state index is 0.192. The molecule has 18 heavy (non-hydrogen) atoms. The van der Waals surface area contributed by atoms with Crippen molar-refractivity contribution in [3.05, 3.63) is 0 Å². The SMILES string of the molecule is CCCCCCC(C)OCC(NC(C)C)C(N)=O. The van der Waals surface area contributed by atoms with Gasteiger partial charge in [-0.3, -0.25) is 4.79 Å². The first kappa shape index (κ1) is 17.4. The van der Waals surface area contributed by atoms with Crippen molar-refractivity contribution in [2.75, 3.05) is 6.61 Å². The predicted molar refractivity (Wildman–Crippen MR) is 75.4 cm³/mol. The van der Waals surface area contributed by atoms with Gasteiger partial charge in [-0.2, -0.15) is 0 Å². The van der Waals surface area contributed by atoms with Crippen LogP contribution in [0.3, 0.4) is 0 Å². The molecular weight excluding hydrogens is 228 g/mol. The van der Waals surface area contributed by atoms with Gasteiger partial charge in [0.25, 0.3) is 0 Å². The number of primary amides is 1. The fraction of sp³-hybridized carbons (Fsp3) is 0.929. The topological polar surface area (TPSA) is 64.3 Å². The number of nitrogens with two attached hydrogens (primary N) is 1. The van der Waals surface area contributed by atoms with E-state index in [0.29, 0.717) is 6.61 Å². The number of ether oxygens (including phenoxy) is 1. The maximum Gasteiger partial charge on any atom is 0.236 e. The zero-order valence-electron chi connectivity index (χ0n) is 12.4. The molecule has 0 saturated heterocycles. The van der Waals surface area contributed by atoms with Crippen molar-refractivity contribution in [3.63, 3.8) is 0 Å². The summed E-state index contributed by atoms with van der Waals surface area (Å²) in [5, 5.41) is 3.11. The molecule has 2 unspecified atom stereocenters. The van der Waals surface area contributed by atoms with E-state index in [-0.39, 0.29) is 24.1 Å². The van der Waals surface area contributed by atoms with E-state index in [1.54, 1.807) is 0 Å². The van der Waals surface area contributed by atoms with Gasteiger partial charge in [0.1, 0.15) is 6.04 Å². The van der Waals surface area contributed by atoms with Crippen molar-refractivity contribution in [2.45, 2.75) is 78.0 Å². The van der Waals surface area contributed by atoms with Gasteiger partial charge < -0.3 is 15.8 Å². The van der Waals surface area contributed by atoms with Crippen molar-refractivity contribution >= 4 is 5.91 Å². The highest BCUT2D eigenvalue weighted by molar-refractivity contribution is 5.80. The molecule has 4 heteroatoms. The predicted octanol–water partition coefficient (Wildman–Crippen LogP) is 2.21. The molecule has 0 aromatic carbocycles. The second-order valence-electron chi connectivity index (χ2n) is 5.27. The van der Waals surface area contributed by atoms with Crippen LogP contribution < -0.4 is 11.1 Å². The summed E-state index contributed by atoms with van der Waals surface area (Å²) in [6.07, 6.45) is 6.22. The van der Waals surface area contributed by atoms with E-state index in [1.807, 2.05) is 13.8 Å².